The van der Waals surface area contributed by atoms with Crippen molar-refractivity contribution in [1.29, 1.82) is 0 Å². The summed E-state index contributed by atoms with van der Waals surface area (Å²) in [6.45, 7) is 7.88. The summed E-state index contributed by atoms with van der Waals surface area (Å²) in [4.78, 5) is 4.42. The number of hydrogen-bond donors (Lipinski definition) is 1. The topological polar surface area (TPSA) is 18.5 Å². The van der Waals surface area contributed by atoms with Gasteiger partial charge in [-0.25, -0.2) is 4.39 Å². The third-order valence-corrected chi connectivity index (χ3v) is 3.09. The molecule has 0 aliphatic heterocycles. The number of nitrogens with one attached hydrogen (secondary N) is 1. The molecule has 4 heteroatoms. The molecule has 0 spiro atoms. The standard InChI is InChI=1S/C16H28FN3/c1-13(2)12-20(7-6-19(4)5)16-9-14(11-18-3)8-15(17)10-16/h8-10,13,18H,6-7,11-12H2,1-5H3. The fraction of sp³-hybridized carbons (Fsp3) is 0.625. The molecule has 0 heterocycles. The third kappa shape index (κ3) is 5.88. The Labute approximate surface area is 122 Å². The number of benzene rings is 1. The van der Waals surface area contributed by atoms with Crippen LogP contribution in [0.25, 0.3) is 0 Å². The van der Waals surface area contributed by atoms with E-state index in [-0.39, 0.29) is 5.82 Å². The van der Waals surface area contributed by atoms with E-state index in [9.17, 15) is 4.39 Å². The van der Waals surface area contributed by atoms with Crippen molar-refractivity contribution in [3.8, 4) is 0 Å². The normalized spacial score (nSPS) is 11.4. The van der Waals surface area contributed by atoms with E-state index in [0.717, 1.165) is 30.9 Å². The highest BCUT2D eigenvalue weighted by Crippen LogP contribution is 2.20. The average molecular weight is 281 g/mol. The summed E-state index contributed by atoms with van der Waals surface area (Å²) in [6, 6.07) is 5.31. The Balaban J connectivity index is 2.92. The Morgan fingerprint density at radius 3 is 2.40 bits per heavy atom. The van der Waals surface area contributed by atoms with Crippen molar-refractivity contribution < 1.29 is 4.39 Å². The lowest BCUT2D eigenvalue weighted by molar-refractivity contribution is 0.409. The molecule has 1 aromatic rings. The van der Waals surface area contributed by atoms with E-state index in [1.165, 1.54) is 0 Å². The lowest BCUT2D eigenvalue weighted by atomic mass is 10.1. The molecule has 0 saturated heterocycles. The second-order valence-corrected chi connectivity index (χ2v) is 5.99. The van der Waals surface area contributed by atoms with Crippen molar-refractivity contribution in [3.63, 3.8) is 0 Å². The summed E-state index contributed by atoms with van der Waals surface area (Å²) >= 11 is 0. The van der Waals surface area contributed by atoms with E-state index in [1.54, 1.807) is 12.1 Å². The van der Waals surface area contributed by atoms with Crippen LogP contribution in [-0.2, 0) is 6.54 Å². The molecule has 0 fully saturated rings. The minimum absolute atomic E-state index is 0.161. The van der Waals surface area contributed by atoms with Gasteiger partial charge in [-0.2, -0.15) is 0 Å². The van der Waals surface area contributed by atoms with Gasteiger partial charge < -0.3 is 15.1 Å². The van der Waals surface area contributed by atoms with Gasteiger partial charge in [0, 0.05) is 31.9 Å². The summed E-state index contributed by atoms with van der Waals surface area (Å²) in [6.07, 6.45) is 0. The second kappa shape index (κ2) is 8.22. The van der Waals surface area contributed by atoms with Gasteiger partial charge in [-0.1, -0.05) is 13.8 Å². The summed E-state index contributed by atoms with van der Waals surface area (Å²) in [7, 11) is 6.00. The van der Waals surface area contributed by atoms with Gasteiger partial charge in [0.2, 0.25) is 0 Å². The van der Waals surface area contributed by atoms with Gasteiger partial charge in [0.1, 0.15) is 5.82 Å². The van der Waals surface area contributed by atoms with E-state index in [0.29, 0.717) is 12.5 Å². The molecule has 0 atom stereocenters. The van der Waals surface area contributed by atoms with Crippen LogP contribution in [0.5, 0.6) is 0 Å². The highest BCUT2D eigenvalue weighted by atomic mass is 19.1. The van der Waals surface area contributed by atoms with Crippen molar-refractivity contribution in [2.75, 3.05) is 45.7 Å². The lowest BCUT2D eigenvalue weighted by Crippen LogP contribution is -2.34. The van der Waals surface area contributed by atoms with Crippen LogP contribution in [0, 0.1) is 11.7 Å². The molecule has 114 valence electrons. The maximum atomic E-state index is 13.8. The minimum Gasteiger partial charge on any atom is -0.370 e. The SMILES string of the molecule is CNCc1cc(F)cc(N(CCN(C)C)CC(C)C)c1. The predicted octanol–water partition coefficient (Wildman–Crippen LogP) is 2.57. The maximum Gasteiger partial charge on any atom is 0.125 e. The van der Waals surface area contributed by atoms with E-state index in [2.05, 4.69) is 49.1 Å². The Morgan fingerprint density at radius 1 is 1.15 bits per heavy atom. The van der Waals surface area contributed by atoms with Crippen molar-refractivity contribution in [1.82, 2.24) is 10.2 Å². The predicted molar refractivity (Wildman–Crippen MR) is 84.8 cm³/mol. The zero-order valence-corrected chi connectivity index (χ0v) is 13.4. The van der Waals surface area contributed by atoms with Gasteiger partial charge in [-0.3, -0.25) is 0 Å². The Kier molecular flexibility index (Phi) is 6.96. The molecule has 20 heavy (non-hydrogen) atoms. The van der Waals surface area contributed by atoms with Gasteiger partial charge in [0.25, 0.3) is 0 Å². The molecule has 0 aromatic heterocycles. The first-order valence-corrected chi connectivity index (χ1v) is 7.26. The zero-order chi connectivity index (χ0) is 15.1. The van der Waals surface area contributed by atoms with Crippen LogP contribution >= 0.6 is 0 Å². The minimum atomic E-state index is -0.161. The van der Waals surface area contributed by atoms with Gasteiger partial charge in [0.15, 0.2) is 0 Å². The van der Waals surface area contributed by atoms with Crippen LogP contribution < -0.4 is 10.2 Å². The fourth-order valence-electron chi connectivity index (χ4n) is 2.21. The lowest BCUT2D eigenvalue weighted by Gasteiger charge is -2.28. The molecule has 1 N–H and O–H groups in total. The first-order chi connectivity index (χ1) is 9.42. The quantitative estimate of drug-likeness (QED) is 0.790. The molecule has 0 saturated carbocycles. The van der Waals surface area contributed by atoms with E-state index in [4.69, 9.17) is 0 Å². The molecule has 0 amide bonds. The number of nitrogens with zero attached hydrogens (tertiary/aromatic N) is 2. The molecule has 0 aliphatic rings. The number of anilines is 1. The van der Waals surface area contributed by atoms with Crippen LogP contribution in [0.4, 0.5) is 10.1 Å². The second-order valence-electron chi connectivity index (χ2n) is 5.99. The smallest absolute Gasteiger partial charge is 0.125 e. The molecule has 1 rings (SSSR count). The third-order valence-electron chi connectivity index (χ3n) is 3.09. The van der Waals surface area contributed by atoms with Crippen LogP contribution in [0.1, 0.15) is 19.4 Å². The van der Waals surface area contributed by atoms with Gasteiger partial charge in [-0.05, 0) is 50.8 Å². The van der Waals surface area contributed by atoms with E-state index < -0.39 is 0 Å². The molecular weight excluding hydrogens is 253 g/mol. The highest BCUT2D eigenvalue weighted by molar-refractivity contribution is 5.49. The van der Waals surface area contributed by atoms with Crippen LogP contribution in [0.15, 0.2) is 18.2 Å². The van der Waals surface area contributed by atoms with Crippen LogP contribution in [0.3, 0.4) is 0 Å². The van der Waals surface area contributed by atoms with E-state index in [1.807, 2.05) is 7.05 Å². The molecule has 0 aliphatic carbocycles. The Hall–Kier alpha value is -1.13. The van der Waals surface area contributed by atoms with Gasteiger partial charge in [-0.15, -0.1) is 0 Å². The van der Waals surface area contributed by atoms with Crippen molar-refractivity contribution >= 4 is 5.69 Å². The first-order valence-electron chi connectivity index (χ1n) is 7.26. The molecule has 3 nitrogen and oxygen atoms in total. The fourth-order valence-corrected chi connectivity index (χ4v) is 2.21. The van der Waals surface area contributed by atoms with Crippen molar-refractivity contribution in [2.24, 2.45) is 5.92 Å². The molecule has 1 aromatic carbocycles. The maximum absolute atomic E-state index is 13.8. The summed E-state index contributed by atoms with van der Waals surface area (Å²) in [5.41, 5.74) is 1.96. The zero-order valence-electron chi connectivity index (χ0n) is 13.4. The largest absolute Gasteiger partial charge is 0.370 e. The molecule has 0 unspecified atom stereocenters. The molecular formula is C16H28FN3. The Morgan fingerprint density at radius 2 is 1.85 bits per heavy atom. The summed E-state index contributed by atoms with van der Waals surface area (Å²) < 4.78 is 13.8. The summed E-state index contributed by atoms with van der Waals surface area (Å²) in [5.74, 6) is 0.388. The Bertz CT molecular complexity index is 405. The number of likely N-dealkylation sites (N-methyl/N-ethyl adjacent to an activating group) is 1. The highest BCUT2D eigenvalue weighted by Gasteiger charge is 2.11. The first kappa shape index (κ1) is 16.9. The van der Waals surface area contributed by atoms with Crippen molar-refractivity contribution in [3.05, 3.63) is 29.6 Å². The molecule has 0 bridgehead atoms. The monoisotopic (exact) mass is 281 g/mol. The van der Waals surface area contributed by atoms with Crippen LogP contribution in [0.2, 0.25) is 0 Å². The molecule has 0 radical (unpaired) electrons. The van der Waals surface area contributed by atoms with Gasteiger partial charge >= 0.3 is 0 Å². The van der Waals surface area contributed by atoms with Crippen LogP contribution in [-0.4, -0.2) is 45.7 Å². The number of hydrogen-bond acceptors (Lipinski definition) is 3. The average Bonchev–Trinajstić information content (AvgIpc) is 2.33. The van der Waals surface area contributed by atoms with Crippen molar-refractivity contribution in [2.45, 2.75) is 20.4 Å². The number of halogens is 1. The van der Waals surface area contributed by atoms with Gasteiger partial charge in [0.05, 0.1) is 0 Å². The summed E-state index contributed by atoms with van der Waals surface area (Å²) in [5, 5.41) is 3.07. The van der Waals surface area contributed by atoms with E-state index >= 15 is 0 Å². The number of rotatable bonds is 8.